The van der Waals surface area contributed by atoms with E-state index in [1.54, 1.807) is 30.5 Å². The lowest BCUT2D eigenvalue weighted by Gasteiger charge is -2.07. The molecule has 20 heavy (non-hydrogen) atoms. The second-order valence-electron chi connectivity index (χ2n) is 4.30. The number of pyridine rings is 1. The molecule has 0 aliphatic heterocycles. The molecular weight excluding hydrogens is 297 g/mol. The summed E-state index contributed by atoms with van der Waals surface area (Å²) >= 11 is 11.8. The Bertz CT molecular complexity index is 845. The molecule has 4 nitrogen and oxygen atoms in total. The highest BCUT2D eigenvalue weighted by molar-refractivity contribution is 6.42. The van der Waals surface area contributed by atoms with Gasteiger partial charge in [0, 0.05) is 6.20 Å². The highest BCUT2D eigenvalue weighted by Gasteiger charge is 2.06. The minimum absolute atomic E-state index is 0.130. The van der Waals surface area contributed by atoms with Gasteiger partial charge in [-0.2, -0.15) is 0 Å². The zero-order chi connectivity index (χ0) is 14.1. The molecule has 2 aromatic heterocycles. The molecule has 0 aliphatic rings. The van der Waals surface area contributed by atoms with Gasteiger partial charge in [0.1, 0.15) is 6.33 Å². The number of halogens is 2. The number of hydrogen-bond acceptors (Lipinski definition) is 3. The number of hydrogen-bond donors (Lipinski definition) is 0. The molecule has 0 saturated heterocycles. The van der Waals surface area contributed by atoms with Gasteiger partial charge in [-0.25, -0.2) is 9.97 Å². The topological polar surface area (TPSA) is 47.8 Å². The number of benzene rings is 1. The molecule has 3 aromatic rings. The molecule has 0 unspecified atom stereocenters. The predicted molar refractivity (Wildman–Crippen MR) is 79.4 cm³/mol. The van der Waals surface area contributed by atoms with Crippen LogP contribution in [0.1, 0.15) is 5.56 Å². The molecule has 0 saturated carbocycles. The van der Waals surface area contributed by atoms with Gasteiger partial charge in [0.2, 0.25) is 0 Å². The summed E-state index contributed by atoms with van der Waals surface area (Å²) in [6, 6.07) is 8.70. The first kappa shape index (κ1) is 13.1. The number of aromatic nitrogens is 3. The smallest absolute Gasteiger partial charge is 0.263 e. The van der Waals surface area contributed by atoms with Gasteiger partial charge >= 0.3 is 0 Å². The quantitative estimate of drug-likeness (QED) is 0.731. The van der Waals surface area contributed by atoms with E-state index < -0.39 is 0 Å². The van der Waals surface area contributed by atoms with Crippen LogP contribution in [0.15, 0.2) is 47.7 Å². The molecule has 0 atom stereocenters. The average molecular weight is 306 g/mol. The van der Waals surface area contributed by atoms with E-state index in [2.05, 4.69) is 9.97 Å². The Balaban J connectivity index is 2.04. The molecule has 1 aromatic carbocycles. The summed E-state index contributed by atoms with van der Waals surface area (Å²) in [5.41, 5.74) is 1.20. The molecule has 0 radical (unpaired) electrons. The van der Waals surface area contributed by atoms with Crippen molar-refractivity contribution in [2.45, 2.75) is 6.54 Å². The molecule has 0 fully saturated rings. The molecule has 2 heterocycles. The van der Waals surface area contributed by atoms with Crippen molar-refractivity contribution in [2.75, 3.05) is 0 Å². The van der Waals surface area contributed by atoms with E-state index in [4.69, 9.17) is 23.2 Å². The molecule has 0 bridgehead atoms. The highest BCUT2D eigenvalue weighted by Crippen LogP contribution is 2.22. The van der Waals surface area contributed by atoms with Gasteiger partial charge in [0.05, 0.1) is 22.0 Å². The normalized spacial score (nSPS) is 10.9. The van der Waals surface area contributed by atoms with Crippen LogP contribution in [0.3, 0.4) is 0 Å². The third-order valence-corrected chi connectivity index (χ3v) is 3.67. The van der Waals surface area contributed by atoms with Crippen LogP contribution >= 0.6 is 23.2 Å². The first-order valence-electron chi connectivity index (χ1n) is 5.89. The van der Waals surface area contributed by atoms with Crippen LogP contribution in [-0.2, 0) is 6.54 Å². The molecule has 100 valence electrons. The lowest BCUT2D eigenvalue weighted by atomic mass is 10.2. The van der Waals surface area contributed by atoms with Crippen LogP contribution in [0.4, 0.5) is 0 Å². The van der Waals surface area contributed by atoms with Crippen molar-refractivity contribution in [1.29, 1.82) is 0 Å². The van der Waals surface area contributed by atoms with E-state index in [0.29, 0.717) is 27.6 Å². The Labute approximate surface area is 124 Å². The summed E-state index contributed by atoms with van der Waals surface area (Å²) in [6.45, 7) is 0.382. The SMILES string of the molecule is O=c1c2cccnc2ncn1Cc1ccc(Cl)c(Cl)c1. The van der Waals surface area contributed by atoms with Crippen molar-refractivity contribution in [2.24, 2.45) is 0 Å². The lowest BCUT2D eigenvalue weighted by molar-refractivity contribution is 0.747. The van der Waals surface area contributed by atoms with Crippen molar-refractivity contribution >= 4 is 34.2 Å². The maximum absolute atomic E-state index is 12.3. The van der Waals surface area contributed by atoms with Gasteiger partial charge in [-0.05, 0) is 29.8 Å². The minimum atomic E-state index is -0.130. The van der Waals surface area contributed by atoms with Crippen molar-refractivity contribution in [1.82, 2.24) is 14.5 Å². The van der Waals surface area contributed by atoms with Crippen LogP contribution in [-0.4, -0.2) is 14.5 Å². The monoisotopic (exact) mass is 305 g/mol. The summed E-state index contributed by atoms with van der Waals surface area (Å²) < 4.78 is 1.52. The number of fused-ring (bicyclic) bond motifs is 1. The Kier molecular flexibility index (Phi) is 3.42. The number of rotatable bonds is 2. The summed E-state index contributed by atoms with van der Waals surface area (Å²) in [5, 5.41) is 1.45. The van der Waals surface area contributed by atoms with Gasteiger partial charge in [-0.3, -0.25) is 9.36 Å². The molecule has 0 aliphatic carbocycles. The maximum atomic E-state index is 12.3. The molecular formula is C14H9Cl2N3O. The van der Waals surface area contributed by atoms with Crippen LogP contribution in [0, 0.1) is 0 Å². The van der Waals surface area contributed by atoms with E-state index >= 15 is 0 Å². The van der Waals surface area contributed by atoms with Gasteiger partial charge in [0.15, 0.2) is 5.65 Å². The third kappa shape index (κ3) is 2.40. The van der Waals surface area contributed by atoms with E-state index in [0.717, 1.165) is 5.56 Å². The Morgan fingerprint density at radius 1 is 1.10 bits per heavy atom. The molecule has 6 heteroatoms. The van der Waals surface area contributed by atoms with Crippen molar-refractivity contribution in [3.63, 3.8) is 0 Å². The zero-order valence-corrected chi connectivity index (χ0v) is 11.8. The summed E-state index contributed by atoms with van der Waals surface area (Å²) in [6.07, 6.45) is 3.10. The second kappa shape index (κ2) is 5.23. The Morgan fingerprint density at radius 3 is 2.75 bits per heavy atom. The molecule has 0 spiro atoms. The third-order valence-electron chi connectivity index (χ3n) is 2.93. The largest absolute Gasteiger partial charge is 0.294 e. The number of nitrogens with zero attached hydrogens (tertiary/aromatic N) is 3. The maximum Gasteiger partial charge on any atom is 0.263 e. The van der Waals surface area contributed by atoms with Crippen molar-refractivity contribution in [3.8, 4) is 0 Å². The molecule has 0 amide bonds. The Hall–Kier alpha value is -1.91. The highest BCUT2D eigenvalue weighted by atomic mass is 35.5. The predicted octanol–water partition coefficient (Wildman–Crippen LogP) is 3.15. The van der Waals surface area contributed by atoms with E-state index in [1.165, 1.54) is 10.9 Å². The second-order valence-corrected chi connectivity index (χ2v) is 5.12. The fraction of sp³-hybridized carbons (Fsp3) is 0.0714. The van der Waals surface area contributed by atoms with Crippen molar-refractivity contribution in [3.05, 3.63) is 68.8 Å². The lowest BCUT2D eigenvalue weighted by Crippen LogP contribution is -2.21. The molecule has 0 N–H and O–H groups in total. The fourth-order valence-corrected chi connectivity index (χ4v) is 2.27. The van der Waals surface area contributed by atoms with Gasteiger partial charge in [-0.15, -0.1) is 0 Å². The summed E-state index contributed by atoms with van der Waals surface area (Å²) in [7, 11) is 0. The van der Waals surface area contributed by atoms with Crippen LogP contribution < -0.4 is 5.56 Å². The molecule has 3 rings (SSSR count). The van der Waals surface area contributed by atoms with Gasteiger partial charge in [-0.1, -0.05) is 29.3 Å². The first-order valence-corrected chi connectivity index (χ1v) is 6.65. The van der Waals surface area contributed by atoms with E-state index in [1.807, 2.05) is 6.07 Å². The Morgan fingerprint density at radius 2 is 1.95 bits per heavy atom. The standard InChI is InChI=1S/C14H9Cl2N3O/c15-11-4-3-9(6-12(11)16)7-19-8-18-13-10(14(19)20)2-1-5-17-13/h1-6,8H,7H2. The summed E-state index contributed by atoms with van der Waals surface area (Å²) in [5.74, 6) is 0. The fourth-order valence-electron chi connectivity index (χ4n) is 1.95. The van der Waals surface area contributed by atoms with Crippen LogP contribution in [0.25, 0.3) is 11.0 Å². The van der Waals surface area contributed by atoms with Crippen molar-refractivity contribution < 1.29 is 0 Å². The summed E-state index contributed by atoms with van der Waals surface area (Å²) in [4.78, 5) is 20.5. The van der Waals surface area contributed by atoms with Gasteiger partial charge < -0.3 is 0 Å². The van der Waals surface area contributed by atoms with E-state index in [9.17, 15) is 4.79 Å². The zero-order valence-electron chi connectivity index (χ0n) is 10.3. The van der Waals surface area contributed by atoms with E-state index in [-0.39, 0.29) is 5.56 Å². The minimum Gasteiger partial charge on any atom is -0.294 e. The first-order chi connectivity index (χ1) is 9.65. The van der Waals surface area contributed by atoms with Crippen LogP contribution in [0.2, 0.25) is 10.0 Å². The van der Waals surface area contributed by atoms with Gasteiger partial charge in [0.25, 0.3) is 5.56 Å². The van der Waals surface area contributed by atoms with Crippen LogP contribution in [0.5, 0.6) is 0 Å². The average Bonchev–Trinajstić information content (AvgIpc) is 2.46.